The molecular weight excluding hydrogens is 392 g/mol. The van der Waals surface area contributed by atoms with Crippen LogP contribution >= 0.6 is 0 Å². The molecule has 154 valence electrons. The van der Waals surface area contributed by atoms with Crippen LogP contribution in [0.5, 0.6) is 0 Å². The first-order chi connectivity index (χ1) is 15.7. The molecule has 3 nitrogen and oxygen atoms in total. The number of benzene rings is 4. The number of fused-ring (bicyclic) bond motifs is 1. The first kappa shape index (κ1) is 19.9. The van der Waals surface area contributed by atoms with Crippen molar-refractivity contribution in [3.05, 3.63) is 131 Å². The normalized spacial score (nSPS) is 17.0. The van der Waals surface area contributed by atoms with Gasteiger partial charge in [-0.25, -0.2) is 9.28 Å². The highest BCUT2D eigenvalue weighted by Gasteiger charge is 2.45. The summed E-state index contributed by atoms with van der Waals surface area (Å²) in [4.78, 5) is 13.8. The van der Waals surface area contributed by atoms with Gasteiger partial charge in [-0.3, -0.25) is 0 Å². The van der Waals surface area contributed by atoms with Gasteiger partial charge in [0.2, 0.25) is 0 Å². The number of nitrogens with zero attached hydrogens (tertiary/aromatic N) is 2. The zero-order chi connectivity index (χ0) is 22.0. The van der Waals surface area contributed by atoms with Crippen LogP contribution in [0.4, 0.5) is 0 Å². The van der Waals surface area contributed by atoms with E-state index in [1.807, 2.05) is 66.7 Å². The van der Waals surface area contributed by atoms with Crippen molar-refractivity contribution in [2.45, 2.75) is 19.6 Å². The van der Waals surface area contributed by atoms with Crippen molar-refractivity contribution in [3.63, 3.8) is 0 Å². The van der Waals surface area contributed by atoms with Gasteiger partial charge in [-0.15, -0.1) is 0 Å². The van der Waals surface area contributed by atoms with E-state index < -0.39 is 0 Å². The molecule has 1 aliphatic rings. The number of amides is 1. The van der Waals surface area contributed by atoms with E-state index in [4.69, 9.17) is 5.26 Å². The summed E-state index contributed by atoms with van der Waals surface area (Å²) in [5.74, 6) is 0.160. The molecule has 0 radical (unpaired) electrons. The molecule has 0 saturated carbocycles. The van der Waals surface area contributed by atoms with E-state index in [9.17, 15) is 4.79 Å². The highest BCUT2D eigenvalue weighted by molar-refractivity contribution is 5.92. The molecule has 4 aromatic carbocycles. The highest BCUT2D eigenvalue weighted by Crippen LogP contribution is 2.36. The fourth-order valence-electron chi connectivity index (χ4n) is 4.75. The molecule has 1 atom stereocenters. The number of hydrogen-bond acceptors (Lipinski definition) is 2. The number of rotatable bonds is 5. The van der Waals surface area contributed by atoms with Gasteiger partial charge in [0, 0.05) is 16.7 Å². The Hall–Kier alpha value is -4.00. The lowest BCUT2D eigenvalue weighted by molar-refractivity contribution is -0.885. The largest absolute Gasteiger partial charge is 0.347 e. The van der Waals surface area contributed by atoms with Gasteiger partial charge in [0.1, 0.15) is 19.6 Å². The summed E-state index contributed by atoms with van der Waals surface area (Å²) in [6.45, 7) is 1.86. The third-order valence-corrected chi connectivity index (χ3v) is 6.30. The maximum atomic E-state index is 13.8. The van der Waals surface area contributed by atoms with E-state index in [2.05, 4.69) is 42.5 Å². The Bertz CT molecular complexity index is 1320. The molecular formula is C29H23N2O+. The average Bonchev–Trinajstić information content (AvgIpc) is 3.11. The van der Waals surface area contributed by atoms with Crippen molar-refractivity contribution >= 4 is 5.91 Å². The van der Waals surface area contributed by atoms with E-state index >= 15 is 0 Å². The molecule has 32 heavy (non-hydrogen) atoms. The number of hydrogen-bond donors (Lipinski definition) is 0. The Balaban J connectivity index is 1.58. The fraction of sp³-hybridized carbons (Fsp3) is 0.103. The number of carbonyl (C=O) groups is 1. The molecule has 5 rings (SSSR count). The predicted molar refractivity (Wildman–Crippen MR) is 125 cm³/mol. The summed E-state index contributed by atoms with van der Waals surface area (Å²) in [6.07, 6.45) is 0. The zero-order valence-electron chi connectivity index (χ0n) is 17.7. The van der Waals surface area contributed by atoms with E-state index in [0.717, 1.165) is 33.4 Å². The Morgan fingerprint density at radius 1 is 0.719 bits per heavy atom. The maximum absolute atomic E-state index is 13.8. The van der Waals surface area contributed by atoms with Crippen molar-refractivity contribution in [1.29, 1.82) is 5.26 Å². The van der Waals surface area contributed by atoms with Crippen molar-refractivity contribution in [2.75, 3.05) is 0 Å². The van der Waals surface area contributed by atoms with Gasteiger partial charge in [-0.05, 0) is 29.3 Å². The zero-order valence-corrected chi connectivity index (χ0v) is 17.7. The molecule has 0 spiro atoms. The minimum absolute atomic E-state index is 0.160. The lowest BCUT2D eigenvalue weighted by atomic mass is 9.98. The van der Waals surface area contributed by atoms with Crippen LogP contribution in [-0.4, -0.2) is 10.4 Å². The monoisotopic (exact) mass is 415 g/mol. The van der Waals surface area contributed by atoms with Gasteiger partial charge < -0.3 is 0 Å². The summed E-state index contributed by atoms with van der Waals surface area (Å²) in [6, 6.07) is 36.4. The quantitative estimate of drug-likeness (QED) is 0.370. The van der Waals surface area contributed by atoms with Crippen molar-refractivity contribution in [1.82, 2.24) is 0 Å². The highest BCUT2D eigenvalue weighted by atomic mass is 16.2. The van der Waals surface area contributed by atoms with Gasteiger partial charge >= 0.3 is 5.91 Å². The van der Waals surface area contributed by atoms with Crippen LogP contribution in [-0.2, 0) is 19.6 Å². The molecule has 0 bridgehead atoms. The number of quaternary nitrogens is 1. The summed E-state index contributed by atoms with van der Waals surface area (Å²) in [5, 5.41) is 9.15. The van der Waals surface area contributed by atoms with Crippen LogP contribution < -0.4 is 0 Å². The second-order valence-electron chi connectivity index (χ2n) is 8.41. The smallest absolute Gasteiger partial charge is 0.245 e. The summed E-state index contributed by atoms with van der Waals surface area (Å²) in [7, 11) is 0. The summed E-state index contributed by atoms with van der Waals surface area (Å²) < 4.78 is 0.315. The minimum atomic E-state index is 0.160. The standard InChI is InChI=1S/C29H23N2O/c30-18-22-14-16-23(17-15-22)19-31(21-26-11-5-7-13-28(26)29(31)32)20-25-10-4-6-12-27(25)24-8-2-1-3-9-24/h1-17H,19-21H2/q+1. The van der Waals surface area contributed by atoms with Gasteiger partial charge in [-0.2, -0.15) is 5.26 Å². The summed E-state index contributed by atoms with van der Waals surface area (Å²) in [5.41, 5.74) is 7.08. The molecule has 0 aromatic heterocycles. The molecule has 0 N–H and O–H groups in total. The second-order valence-corrected chi connectivity index (χ2v) is 8.41. The SMILES string of the molecule is N#Cc1ccc(C[N+]2(Cc3ccccc3-c3ccccc3)Cc3ccccc3C2=O)cc1. The topological polar surface area (TPSA) is 40.9 Å². The minimum Gasteiger partial charge on any atom is -0.245 e. The predicted octanol–water partition coefficient (Wildman–Crippen LogP) is 6.10. The Morgan fingerprint density at radius 3 is 2.09 bits per heavy atom. The van der Waals surface area contributed by atoms with Gasteiger partial charge in [0.15, 0.2) is 0 Å². The lowest BCUT2D eigenvalue weighted by Crippen LogP contribution is -2.46. The van der Waals surface area contributed by atoms with Crippen molar-refractivity contribution in [2.24, 2.45) is 0 Å². The molecule has 0 saturated heterocycles. The van der Waals surface area contributed by atoms with E-state index in [1.165, 1.54) is 0 Å². The van der Waals surface area contributed by atoms with Gasteiger partial charge in [0.05, 0.1) is 17.2 Å². The first-order valence-corrected chi connectivity index (χ1v) is 10.8. The molecule has 0 aliphatic carbocycles. The van der Waals surface area contributed by atoms with Crippen LogP contribution in [0, 0.1) is 11.3 Å². The average molecular weight is 416 g/mol. The Kier molecular flexibility index (Phi) is 5.15. The summed E-state index contributed by atoms with van der Waals surface area (Å²) >= 11 is 0. The van der Waals surface area contributed by atoms with Crippen LogP contribution in [0.2, 0.25) is 0 Å². The molecule has 1 heterocycles. The van der Waals surface area contributed by atoms with Crippen molar-refractivity contribution < 1.29 is 9.28 Å². The lowest BCUT2D eigenvalue weighted by Gasteiger charge is -2.32. The van der Waals surface area contributed by atoms with Crippen molar-refractivity contribution in [3.8, 4) is 17.2 Å². The van der Waals surface area contributed by atoms with Crippen LogP contribution in [0.25, 0.3) is 11.1 Å². The third-order valence-electron chi connectivity index (χ3n) is 6.30. The van der Waals surface area contributed by atoms with Gasteiger partial charge in [-0.1, -0.05) is 84.9 Å². The van der Waals surface area contributed by atoms with E-state index in [0.29, 0.717) is 29.7 Å². The molecule has 1 unspecified atom stereocenters. The number of nitriles is 1. The Morgan fingerprint density at radius 2 is 1.38 bits per heavy atom. The molecule has 1 aliphatic heterocycles. The first-order valence-electron chi connectivity index (χ1n) is 10.8. The van der Waals surface area contributed by atoms with Gasteiger partial charge in [0.25, 0.3) is 0 Å². The second kappa shape index (κ2) is 8.26. The molecule has 3 heteroatoms. The van der Waals surface area contributed by atoms with Crippen LogP contribution in [0.15, 0.2) is 103 Å². The number of carbonyl (C=O) groups excluding carboxylic acids is 1. The molecule has 0 fully saturated rings. The Labute approximate surface area is 188 Å². The molecule has 4 aromatic rings. The van der Waals surface area contributed by atoms with Crippen LogP contribution in [0.3, 0.4) is 0 Å². The van der Waals surface area contributed by atoms with Crippen LogP contribution in [0.1, 0.15) is 32.6 Å². The fourth-order valence-corrected chi connectivity index (χ4v) is 4.75. The maximum Gasteiger partial charge on any atom is 0.347 e. The van der Waals surface area contributed by atoms with E-state index in [1.54, 1.807) is 0 Å². The van der Waals surface area contributed by atoms with E-state index in [-0.39, 0.29) is 5.91 Å². The molecule has 1 amide bonds. The third kappa shape index (κ3) is 3.62.